The van der Waals surface area contributed by atoms with Gasteiger partial charge in [-0.05, 0) is 0 Å². The normalized spacial score (nSPS) is 16.0. The SMILES string of the molecule is C1COCC[NH2+]1.[NH4+].[OH-].[OH-]. The van der Waals surface area contributed by atoms with E-state index in [-0.39, 0.29) is 17.1 Å². The van der Waals surface area contributed by atoms with Crippen molar-refractivity contribution in [3.8, 4) is 0 Å². The Hall–Kier alpha value is -0.200. The van der Waals surface area contributed by atoms with Gasteiger partial charge >= 0.3 is 0 Å². The van der Waals surface area contributed by atoms with Crippen LogP contribution in [0.1, 0.15) is 0 Å². The molecule has 0 amide bonds. The summed E-state index contributed by atoms with van der Waals surface area (Å²) >= 11 is 0. The fraction of sp³-hybridized carbons (Fsp3) is 1.00. The zero-order valence-corrected chi connectivity index (χ0v) is 5.71. The summed E-state index contributed by atoms with van der Waals surface area (Å²) in [6, 6.07) is 0. The lowest BCUT2D eigenvalue weighted by Gasteiger charge is -2.07. The molecule has 0 radical (unpaired) electrons. The smallest absolute Gasteiger partial charge is 0.0993 e. The van der Waals surface area contributed by atoms with Gasteiger partial charge in [0.2, 0.25) is 0 Å². The maximum atomic E-state index is 5.04. The van der Waals surface area contributed by atoms with Gasteiger partial charge in [-0.3, -0.25) is 0 Å². The Morgan fingerprint density at radius 1 is 1.00 bits per heavy atom. The van der Waals surface area contributed by atoms with Crippen LogP contribution < -0.4 is 11.5 Å². The van der Waals surface area contributed by atoms with Crippen molar-refractivity contribution in [2.75, 3.05) is 26.3 Å². The first-order chi connectivity index (χ1) is 3.00. The lowest BCUT2D eigenvalue weighted by Crippen LogP contribution is -2.87. The number of nitrogens with two attached hydrogens (primary N) is 1. The summed E-state index contributed by atoms with van der Waals surface area (Å²) < 4.78 is 5.04. The molecule has 9 heavy (non-hydrogen) atoms. The standard InChI is InChI=1S/C4H9NO.H3N.2H2O/c1-3-6-4-2-5-1;;;/h5H,1-4H2;1H3;2*1H2. The van der Waals surface area contributed by atoms with Crippen molar-refractivity contribution in [3.05, 3.63) is 0 Å². The lowest BCUT2D eigenvalue weighted by molar-refractivity contribution is -0.670. The Balaban J connectivity index is -0.000000120. The van der Waals surface area contributed by atoms with Crippen molar-refractivity contribution in [1.29, 1.82) is 0 Å². The van der Waals surface area contributed by atoms with Crippen molar-refractivity contribution in [2.24, 2.45) is 0 Å². The Morgan fingerprint density at radius 2 is 1.44 bits per heavy atom. The van der Waals surface area contributed by atoms with Gasteiger partial charge < -0.3 is 27.2 Å². The van der Waals surface area contributed by atoms with Gasteiger partial charge in [-0.2, -0.15) is 0 Å². The van der Waals surface area contributed by atoms with Crippen molar-refractivity contribution >= 4 is 0 Å². The molecule has 5 nitrogen and oxygen atoms in total. The van der Waals surface area contributed by atoms with Crippen LogP contribution in [0.4, 0.5) is 0 Å². The largest absolute Gasteiger partial charge is 0.870 e. The first-order valence-corrected chi connectivity index (χ1v) is 2.39. The molecule has 5 heteroatoms. The highest BCUT2D eigenvalue weighted by Gasteiger charge is 1.96. The van der Waals surface area contributed by atoms with Gasteiger partial charge in [-0.1, -0.05) is 0 Å². The summed E-state index contributed by atoms with van der Waals surface area (Å²) in [6.45, 7) is 4.19. The highest BCUT2D eigenvalue weighted by atomic mass is 16.5. The van der Waals surface area contributed by atoms with E-state index in [0.717, 1.165) is 26.3 Å². The summed E-state index contributed by atoms with van der Waals surface area (Å²) in [6.07, 6.45) is 0. The van der Waals surface area contributed by atoms with Crippen molar-refractivity contribution in [2.45, 2.75) is 0 Å². The van der Waals surface area contributed by atoms with Crippen LogP contribution in [0.25, 0.3) is 0 Å². The molecule has 1 rings (SSSR count). The molecule has 1 aliphatic rings. The molecule has 0 spiro atoms. The minimum absolute atomic E-state index is 0. The van der Waals surface area contributed by atoms with Crippen LogP contribution in [-0.2, 0) is 4.74 Å². The molecule has 8 N–H and O–H groups in total. The third-order valence-corrected chi connectivity index (χ3v) is 0.933. The van der Waals surface area contributed by atoms with Crippen LogP contribution in [0, 0.1) is 0 Å². The van der Waals surface area contributed by atoms with E-state index >= 15 is 0 Å². The first-order valence-electron chi connectivity index (χ1n) is 2.39. The van der Waals surface area contributed by atoms with Crippen LogP contribution in [-0.4, -0.2) is 37.3 Å². The fourth-order valence-electron chi connectivity index (χ4n) is 0.580. The predicted octanol–water partition coefficient (Wildman–Crippen LogP) is -1.40. The summed E-state index contributed by atoms with van der Waals surface area (Å²) in [4.78, 5) is 0. The van der Waals surface area contributed by atoms with Crippen molar-refractivity contribution in [1.82, 2.24) is 6.15 Å². The minimum Gasteiger partial charge on any atom is -0.870 e. The van der Waals surface area contributed by atoms with Crippen molar-refractivity contribution < 1.29 is 21.0 Å². The second kappa shape index (κ2) is 10.7. The molecule has 0 atom stereocenters. The molecule has 1 saturated heterocycles. The molecule has 0 aromatic heterocycles. The van der Waals surface area contributed by atoms with E-state index in [1.54, 1.807) is 0 Å². The van der Waals surface area contributed by atoms with Gasteiger partial charge in [-0.25, -0.2) is 0 Å². The zero-order valence-electron chi connectivity index (χ0n) is 5.71. The summed E-state index contributed by atoms with van der Waals surface area (Å²) in [7, 11) is 0. The molecule has 60 valence electrons. The number of morpholine rings is 1. The molecule has 1 aliphatic heterocycles. The molecule has 0 aromatic rings. The van der Waals surface area contributed by atoms with Crippen LogP contribution in [0.3, 0.4) is 0 Å². The lowest BCUT2D eigenvalue weighted by atomic mass is 10.5. The average molecular weight is 140 g/mol. The third kappa shape index (κ3) is 7.80. The predicted molar refractivity (Wildman–Crippen MR) is 32.3 cm³/mol. The van der Waals surface area contributed by atoms with Gasteiger partial charge in [0, 0.05) is 0 Å². The molecule has 0 saturated carbocycles. The number of rotatable bonds is 0. The van der Waals surface area contributed by atoms with E-state index in [4.69, 9.17) is 4.74 Å². The fourth-order valence-corrected chi connectivity index (χ4v) is 0.580. The highest BCUT2D eigenvalue weighted by Crippen LogP contribution is 1.69. The van der Waals surface area contributed by atoms with E-state index in [9.17, 15) is 0 Å². The Morgan fingerprint density at radius 3 is 1.56 bits per heavy atom. The Labute approximate surface area is 54.6 Å². The van der Waals surface area contributed by atoms with Gasteiger partial charge in [0.25, 0.3) is 0 Å². The maximum absolute atomic E-state index is 5.04. The quantitative estimate of drug-likeness (QED) is 0.430. The minimum atomic E-state index is 0. The van der Waals surface area contributed by atoms with E-state index in [1.165, 1.54) is 0 Å². The summed E-state index contributed by atoms with van der Waals surface area (Å²) in [5.74, 6) is 0. The van der Waals surface area contributed by atoms with E-state index in [2.05, 4.69) is 5.32 Å². The summed E-state index contributed by atoms with van der Waals surface area (Å²) in [5, 5.41) is 2.27. The maximum Gasteiger partial charge on any atom is 0.0993 e. The number of quaternary nitrogens is 2. The topological polar surface area (TPSA) is 122 Å². The zero-order chi connectivity index (χ0) is 4.24. The first kappa shape index (κ1) is 15.9. The molecule has 0 bridgehead atoms. The molecule has 0 unspecified atom stereocenters. The molecule has 0 aliphatic carbocycles. The number of hydrogen-bond donors (Lipinski definition) is 2. The van der Waals surface area contributed by atoms with Crippen LogP contribution in [0.15, 0.2) is 0 Å². The molecule has 0 aromatic carbocycles. The highest BCUT2D eigenvalue weighted by molar-refractivity contribution is 4.30. The van der Waals surface area contributed by atoms with E-state index in [0.29, 0.717) is 0 Å². The second-order valence-corrected chi connectivity index (χ2v) is 1.48. The molecular weight excluding hydrogens is 124 g/mol. The van der Waals surface area contributed by atoms with Crippen molar-refractivity contribution in [3.63, 3.8) is 0 Å². The van der Waals surface area contributed by atoms with Gasteiger partial charge in [-0.15, -0.1) is 0 Å². The van der Waals surface area contributed by atoms with Crippen LogP contribution in [0.2, 0.25) is 0 Å². The Bertz CT molecular complexity index is 29.3. The van der Waals surface area contributed by atoms with Crippen LogP contribution >= 0.6 is 0 Å². The molecular formula is C4H16N2O3. The van der Waals surface area contributed by atoms with Crippen LogP contribution in [0.5, 0.6) is 0 Å². The monoisotopic (exact) mass is 140 g/mol. The molecule has 1 fully saturated rings. The number of ether oxygens (including phenoxy) is 1. The Kier molecular flexibility index (Phi) is 19.0. The molecule has 1 heterocycles. The van der Waals surface area contributed by atoms with Gasteiger partial charge in [0.1, 0.15) is 0 Å². The average Bonchev–Trinajstić information content (AvgIpc) is 1.72. The van der Waals surface area contributed by atoms with E-state index in [1.807, 2.05) is 0 Å². The van der Waals surface area contributed by atoms with Gasteiger partial charge in [0.15, 0.2) is 0 Å². The number of hydrogen-bond acceptors (Lipinski definition) is 3. The third-order valence-electron chi connectivity index (χ3n) is 0.933. The second-order valence-electron chi connectivity index (χ2n) is 1.48. The summed E-state index contributed by atoms with van der Waals surface area (Å²) in [5.41, 5.74) is 0. The van der Waals surface area contributed by atoms with E-state index < -0.39 is 0 Å². The van der Waals surface area contributed by atoms with Gasteiger partial charge in [0.05, 0.1) is 26.3 Å².